The van der Waals surface area contributed by atoms with Gasteiger partial charge in [0, 0.05) is 18.7 Å². The summed E-state index contributed by atoms with van der Waals surface area (Å²) in [5, 5.41) is 4.45. The van der Waals surface area contributed by atoms with Gasteiger partial charge in [0.25, 0.3) is 0 Å². The van der Waals surface area contributed by atoms with E-state index in [1.54, 1.807) is 4.52 Å². The zero-order chi connectivity index (χ0) is 13.5. The van der Waals surface area contributed by atoms with Crippen LogP contribution in [0.4, 0.5) is 0 Å². The van der Waals surface area contributed by atoms with Crippen LogP contribution in [0.5, 0.6) is 0 Å². The molecule has 1 aliphatic rings. The molecule has 2 aromatic rings. The summed E-state index contributed by atoms with van der Waals surface area (Å²) in [4.78, 5) is 4.48. The van der Waals surface area contributed by atoms with Gasteiger partial charge in [0.05, 0.1) is 11.5 Å². The summed E-state index contributed by atoms with van der Waals surface area (Å²) in [6.07, 6.45) is 3.09. The van der Waals surface area contributed by atoms with E-state index in [0.717, 1.165) is 17.0 Å². The maximum Gasteiger partial charge on any atom is 0.155 e. The zero-order valence-corrected chi connectivity index (χ0v) is 11.3. The molecule has 0 radical (unpaired) electrons. The molecule has 0 spiro atoms. The van der Waals surface area contributed by atoms with Crippen molar-refractivity contribution in [3.05, 3.63) is 29.7 Å². The summed E-state index contributed by atoms with van der Waals surface area (Å²) in [6, 6.07) is 3.82. The van der Waals surface area contributed by atoms with Gasteiger partial charge < -0.3 is 5.73 Å². The van der Waals surface area contributed by atoms with Gasteiger partial charge in [0.2, 0.25) is 0 Å². The minimum Gasteiger partial charge on any atom is -0.326 e. The van der Waals surface area contributed by atoms with Crippen molar-refractivity contribution in [2.24, 2.45) is 5.73 Å². The van der Waals surface area contributed by atoms with Crippen molar-refractivity contribution in [1.29, 1.82) is 0 Å². The van der Waals surface area contributed by atoms with Crippen LogP contribution >= 0.6 is 0 Å². The summed E-state index contributed by atoms with van der Waals surface area (Å²) in [7, 11) is -2.84. The topological polar surface area (TPSA) is 90.3 Å². The molecule has 3 rings (SSSR count). The van der Waals surface area contributed by atoms with Crippen LogP contribution in [-0.2, 0) is 16.4 Å². The van der Waals surface area contributed by atoms with Gasteiger partial charge in [-0.2, -0.15) is 5.10 Å². The first kappa shape index (κ1) is 12.6. The van der Waals surface area contributed by atoms with Crippen molar-refractivity contribution in [1.82, 2.24) is 14.6 Å². The summed E-state index contributed by atoms with van der Waals surface area (Å²) in [5.74, 6) is 1.36. The predicted molar refractivity (Wildman–Crippen MR) is 71.5 cm³/mol. The molecule has 102 valence electrons. The Morgan fingerprint density at radius 1 is 1.32 bits per heavy atom. The van der Waals surface area contributed by atoms with E-state index in [1.165, 1.54) is 0 Å². The molecular formula is C12H16N4O2S. The molecule has 0 aromatic carbocycles. The number of fused-ring (bicyclic) bond motifs is 1. The number of hydrogen-bond donors (Lipinski definition) is 1. The van der Waals surface area contributed by atoms with Crippen LogP contribution in [0.25, 0.3) is 5.65 Å². The van der Waals surface area contributed by atoms with Crippen LogP contribution in [0, 0.1) is 0 Å². The normalized spacial score (nSPS) is 19.8. The Morgan fingerprint density at radius 3 is 2.74 bits per heavy atom. The Balaban J connectivity index is 1.89. The fourth-order valence-corrected chi connectivity index (χ4v) is 3.88. The lowest BCUT2D eigenvalue weighted by atomic mass is 10.0. The lowest BCUT2D eigenvalue weighted by Gasteiger charge is -2.18. The molecule has 0 bridgehead atoms. The molecule has 1 aliphatic heterocycles. The van der Waals surface area contributed by atoms with Gasteiger partial charge >= 0.3 is 0 Å². The van der Waals surface area contributed by atoms with Gasteiger partial charge in [-0.1, -0.05) is 6.07 Å². The molecule has 2 N–H and O–H groups in total. The molecule has 7 heteroatoms. The van der Waals surface area contributed by atoms with E-state index in [-0.39, 0.29) is 17.4 Å². The highest BCUT2D eigenvalue weighted by atomic mass is 32.2. The molecule has 1 saturated heterocycles. The fraction of sp³-hybridized carbons (Fsp3) is 0.500. The molecule has 2 aromatic heterocycles. The lowest BCUT2D eigenvalue weighted by Crippen LogP contribution is -2.22. The van der Waals surface area contributed by atoms with Crippen molar-refractivity contribution in [2.45, 2.75) is 25.3 Å². The number of nitrogens with zero attached hydrogens (tertiary/aromatic N) is 3. The van der Waals surface area contributed by atoms with Crippen LogP contribution in [-0.4, -0.2) is 34.5 Å². The van der Waals surface area contributed by atoms with Gasteiger partial charge in [0.1, 0.15) is 9.84 Å². The molecule has 1 fully saturated rings. The lowest BCUT2D eigenvalue weighted by molar-refractivity contribution is 0.537. The average molecular weight is 280 g/mol. The van der Waals surface area contributed by atoms with Crippen molar-refractivity contribution in [3.8, 4) is 0 Å². The number of aromatic nitrogens is 3. The second-order valence-corrected chi connectivity index (χ2v) is 7.24. The number of nitrogens with two attached hydrogens (primary N) is 1. The van der Waals surface area contributed by atoms with E-state index in [2.05, 4.69) is 10.1 Å². The van der Waals surface area contributed by atoms with Gasteiger partial charge in [-0.05, 0) is 24.5 Å². The Labute approximate surface area is 111 Å². The Kier molecular flexibility index (Phi) is 3.02. The van der Waals surface area contributed by atoms with Crippen molar-refractivity contribution in [2.75, 3.05) is 11.5 Å². The highest BCUT2D eigenvalue weighted by molar-refractivity contribution is 7.91. The number of rotatable bonds is 2. The summed E-state index contributed by atoms with van der Waals surface area (Å²) >= 11 is 0. The van der Waals surface area contributed by atoms with E-state index >= 15 is 0 Å². The molecule has 19 heavy (non-hydrogen) atoms. The van der Waals surface area contributed by atoms with Crippen LogP contribution in [0.2, 0.25) is 0 Å². The molecule has 0 aliphatic carbocycles. The second kappa shape index (κ2) is 4.57. The van der Waals surface area contributed by atoms with Gasteiger partial charge in [-0.3, -0.25) is 0 Å². The second-order valence-electron chi connectivity index (χ2n) is 4.94. The first-order valence-electron chi connectivity index (χ1n) is 6.33. The first-order chi connectivity index (χ1) is 9.07. The Hall–Kier alpha value is -1.47. The Morgan fingerprint density at radius 2 is 2.05 bits per heavy atom. The van der Waals surface area contributed by atoms with E-state index in [0.29, 0.717) is 19.4 Å². The first-order valence-corrected chi connectivity index (χ1v) is 8.15. The largest absolute Gasteiger partial charge is 0.326 e. The van der Waals surface area contributed by atoms with E-state index in [4.69, 9.17) is 5.73 Å². The summed E-state index contributed by atoms with van der Waals surface area (Å²) in [6.45, 7) is 0.465. The van der Waals surface area contributed by atoms with E-state index in [9.17, 15) is 8.42 Å². The number of pyridine rings is 1. The molecule has 0 unspecified atom stereocenters. The molecule has 0 atom stereocenters. The van der Waals surface area contributed by atoms with Crippen LogP contribution in [0.15, 0.2) is 18.3 Å². The standard InChI is InChI=1S/C12H16N4O2S/c13-7-9-1-2-11-14-12(15-16(11)8-9)10-3-5-19(17,18)6-4-10/h1-2,8,10H,3-7,13H2. The zero-order valence-electron chi connectivity index (χ0n) is 10.5. The van der Waals surface area contributed by atoms with Gasteiger partial charge in [-0.15, -0.1) is 0 Å². The molecule has 3 heterocycles. The molecule has 0 amide bonds. The maximum absolute atomic E-state index is 11.4. The van der Waals surface area contributed by atoms with Gasteiger partial charge in [0.15, 0.2) is 11.5 Å². The molecular weight excluding hydrogens is 264 g/mol. The van der Waals surface area contributed by atoms with Crippen LogP contribution in [0.1, 0.15) is 30.1 Å². The summed E-state index contributed by atoms with van der Waals surface area (Å²) < 4.78 is 24.6. The SMILES string of the molecule is NCc1ccc2nc(C3CCS(=O)(=O)CC3)nn2c1. The Bertz CT molecular complexity index is 694. The summed E-state index contributed by atoms with van der Waals surface area (Å²) in [5.41, 5.74) is 7.37. The van der Waals surface area contributed by atoms with Crippen molar-refractivity contribution in [3.63, 3.8) is 0 Å². The molecule has 0 saturated carbocycles. The highest BCUT2D eigenvalue weighted by Gasteiger charge is 2.27. The third-order valence-corrected chi connectivity index (χ3v) is 5.28. The number of hydrogen-bond acceptors (Lipinski definition) is 5. The van der Waals surface area contributed by atoms with Crippen LogP contribution in [0.3, 0.4) is 0 Å². The minimum atomic E-state index is -2.84. The quantitative estimate of drug-likeness (QED) is 0.864. The third-order valence-electron chi connectivity index (χ3n) is 3.56. The van der Waals surface area contributed by atoms with E-state index in [1.807, 2.05) is 18.3 Å². The van der Waals surface area contributed by atoms with Gasteiger partial charge in [-0.25, -0.2) is 17.9 Å². The minimum absolute atomic E-state index is 0.143. The monoisotopic (exact) mass is 280 g/mol. The highest BCUT2D eigenvalue weighted by Crippen LogP contribution is 2.27. The van der Waals surface area contributed by atoms with Crippen molar-refractivity contribution >= 4 is 15.5 Å². The number of sulfone groups is 1. The van der Waals surface area contributed by atoms with Crippen molar-refractivity contribution < 1.29 is 8.42 Å². The fourth-order valence-electron chi connectivity index (χ4n) is 2.38. The maximum atomic E-state index is 11.4. The third kappa shape index (κ3) is 2.48. The van der Waals surface area contributed by atoms with E-state index < -0.39 is 9.84 Å². The molecule has 6 nitrogen and oxygen atoms in total. The smallest absolute Gasteiger partial charge is 0.155 e. The van der Waals surface area contributed by atoms with Crippen LogP contribution < -0.4 is 5.73 Å². The predicted octanol–water partition coefficient (Wildman–Crippen LogP) is 0.480. The average Bonchev–Trinajstić information content (AvgIpc) is 2.81.